The van der Waals surface area contributed by atoms with E-state index in [-0.39, 0.29) is 18.0 Å². The first kappa shape index (κ1) is 13.1. The summed E-state index contributed by atoms with van der Waals surface area (Å²) < 4.78 is 5.83. The van der Waals surface area contributed by atoms with Crippen molar-refractivity contribution in [2.75, 3.05) is 6.54 Å². The minimum atomic E-state index is -0.192. The lowest BCUT2D eigenvalue weighted by Crippen LogP contribution is -2.27. The first-order chi connectivity index (χ1) is 7.11. The van der Waals surface area contributed by atoms with Crippen LogP contribution in [0.4, 0.5) is 0 Å². The third kappa shape index (κ3) is 2.77. The lowest BCUT2D eigenvalue weighted by atomic mass is 10.00. The first-order valence-electron chi connectivity index (χ1n) is 5.32. The Kier molecular flexibility index (Phi) is 4.00. The Morgan fingerprint density at radius 3 is 2.75 bits per heavy atom. The number of fused-ring (bicyclic) bond motifs is 1. The van der Waals surface area contributed by atoms with E-state index < -0.39 is 0 Å². The van der Waals surface area contributed by atoms with Gasteiger partial charge >= 0.3 is 0 Å². The third-order valence-corrected chi connectivity index (χ3v) is 2.54. The summed E-state index contributed by atoms with van der Waals surface area (Å²) in [4.78, 5) is 0. The predicted octanol–water partition coefficient (Wildman–Crippen LogP) is 2.79. The van der Waals surface area contributed by atoms with E-state index >= 15 is 0 Å². The quantitative estimate of drug-likeness (QED) is 0.862. The van der Waals surface area contributed by atoms with Crippen LogP contribution in [0.5, 0.6) is 5.75 Å². The smallest absolute Gasteiger partial charge is 0.127 e. The molecular formula is C13H18ClNO. The zero-order chi connectivity index (χ0) is 10.9. The molecule has 1 aromatic rings. The second kappa shape index (κ2) is 4.89. The molecule has 0 aromatic heterocycles. The monoisotopic (exact) mass is 239 g/mol. The maximum absolute atomic E-state index is 5.83. The maximum atomic E-state index is 5.83. The zero-order valence-electron chi connectivity index (χ0n) is 9.69. The highest BCUT2D eigenvalue weighted by atomic mass is 35.5. The van der Waals surface area contributed by atoms with Crippen LogP contribution in [0.25, 0.3) is 6.08 Å². The second-order valence-electron chi connectivity index (χ2n) is 4.45. The lowest BCUT2D eigenvalue weighted by Gasteiger charge is -2.28. The van der Waals surface area contributed by atoms with Gasteiger partial charge in [0.1, 0.15) is 11.4 Å². The maximum Gasteiger partial charge on any atom is 0.127 e. The number of rotatable bonds is 2. The standard InChI is InChI=1S/C13H17NO.ClH/c1-13(2)7-5-11-9-10(6-8-14)3-4-12(11)15-13;/h3-5,7,9H,6,8,14H2,1-2H3;1H. The van der Waals surface area contributed by atoms with E-state index in [0.29, 0.717) is 6.54 Å². The van der Waals surface area contributed by atoms with Crippen molar-refractivity contribution >= 4 is 18.5 Å². The molecule has 88 valence electrons. The largest absolute Gasteiger partial charge is 0.483 e. The Hall–Kier alpha value is -0.990. The Morgan fingerprint density at radius 1 is 1.31 bits per heavy atom. The van der Waals surface area contributed by atoms with Crippen molar-refractivity contribution < 1.29 is 4.74 Å². The minimum Gasteiger partial charge on any atom is -0.483 e. The molecule has 0 atom stereocenters. The molecule has 0 saturated carbocycles. The summed E-state index contributed by atoms with van der Waals surface area (Å²) in [5, 5.41) is 0. The summed E-state index contributed by atoms with van der Waals surface area (Å²) in [6.45, 7) is 4.80. The molecule has 0 saturated heterocycles. The van der Waals surface area contributed by atoms with Crippen LogP contribution in [0.3, 0.4) is 0 Å². The van der Waals surface area contributed by atoms with Crippen LogP contribution >= 0.6 is 12.4 Å². The van der Waals surface area contributed by atoms with Gasteiger partial charge in [-0.1, -0.05) is 12.1 Å². The molecule has 1 aromatic carbocycles. The van der Waals surface area contributed by atoms with Gasteiger partial charge in [-0.2, -0.15) is 0 Å². The van der Waals surface area contributed by atoms with Gasteiger partial charge in [0.15, 0.2) is 0 Å². The molecule has 0 bridgehead atoms. The van der Waals surface area contributed by atoms with E-state index in [0.717, 1.165) is 17.7 Å². The van der Waals surface area contributed by atoms with Gasteiger partial charge in [0.2, 0.25) is 0 Å². The number of hydrogen-bond donors (Lipinski definition) is 1. The molecule has 2 rings (SSSR count). The Morgan fingerprint density at radius 2 is 2.06 bits per heavy atom. The highest BCUT2D eigenvalue weighted by Gasteiger charge is 2.21. The van der Waals surface area contributed by atoms with Gasteiger partial charge in [-0.15, -0.1) is 12.4 Å². The average Bonchev–Trinajstić information content (AvgIpc) is 2.18. The van der Waals surface area contributed by atoms with Crippen molar-refractivity contribution in [2.24, 2.45) is 5.73 Å². The van der Waals surface area contributed by atoms with E-state index in [2.05, 4.69) is 38.1 Å². The fraction of sp³-hybridized carbons (Fsp3) is 0.385. The molecule has 1 aliphatic heterocycles. The first-order valence-corrected chi connectivity index (χ1v) is 5.32. The fourth-order valence-corrected chi connectivity index (χ4v) is 1.75. The van der Waals surface area contributed by atoms with Crippen LogP contribution in [0, 0.1) is 0 Å². The van der Waals surface area contributed by atoms with E-state index in [1.165, 1.54) is 5.56 Å². The zero-order valence-corrected chi connectivity index (χ0v) is 10.5. The van der Waals surface area contributed by atoms with E-state index in [1.54, 1.807) is 0 Å². The average molecular weight is 240 g/mol. The molecule has 2 N–H and O–H groups in total. The highest BCUT2D eigenvalue weighted by molar-refractivity contribution is 5.85. The van der Waals surface area contributed by atoms with Gasteiger partial charge in [0, 0.05) is 5.56 Å². The highest BCUT2D eigenvalue weighted by Crippen LogP contribution is 2.31. The molecule has 0 unspecified atom stereocenters. The summed E-state index contributed by atoms with van der Waals surface area (Å²) in [5.41, 5.74) is 7.76. The number of benzene rings is 1. The molecule has 2 nitrogen and oxygen atoms in total. The minimum absolute atomic E-state index is 0. The number of ether oxygens (including phenoxy) is 1. The van der Waals surface area contributed by atoms with Crippen LogP contribution in [0.2, 0.25) is 0 Å². The van der Waals surface area contributed by atoms with E-state index in [4.69, 9.17) is 10.5 Å². The number of halogens is 1. The molecule has 0 spiro atoms. The van der Waals surface area contributed by atoms with Crippen LogP contribution in [0.1, 0.15) is 25.0 Å². The Labute approximate surface area is 103 Å². The van der Waals surface area contributed by atoms with Gasteiger partial charge in [0.05, 0.1) is 0 Å². The van der Waals surface area contributed by atoms with Crippen molar-refractivity contribution in [2.45, 2.75) is 25.9 Å². The SMILES string of the molecule is CC1(C)C=Cc2cc(CCN)ccc2O1.Cl. The van der Waals surface area contributed by atoms with Gasteiger partial charge < -0.3 is 10.5 Å². The molecule has 0 radical (unpaired) electrons. The van der Waals surface area contributed by atoms with Crippen LogP contribution in [-0.4, -0.2) is 12.1 Å². The molecule has 16 heavy (non-hydrogen) atoms. The summed E-state index contributed by atoms with van der Waals surface area (Å²) in [6.07, 6.45) is 5.13. The normalized spacial score (nSPS) is 15.9. The van der Waals surface area contributed by atoms with Crippen molar-refractivity contribution in [3.05, 3.63) is 35.4 Å². The summed E-state index contributed by atoms with van der Waals surface area (Å²) in [6, 6.07) is 6.26. The molecular weight excluding hydrogens is 222 g/mol. The second-order valence-corrected chi connectivity index (χ2v) is 4.45. The summed E-state index contributed by atoms with van der Waals surface area (Å²) in [5.74, 6) is 0.961. The molecule has 0 aliphatic carbocycles. The summed E-state index contributed by atoms with van der Waals surface area (Å²) >= 11 is 0. The molecule has 0 amide bonds. The Bertz CT molecular complexity index is 399. The molecule has 0 fully saturated rings. The topological polar surface area (TPSA) is 35.2 Å². The number of hydrogen-bond acceptors (Lipinski definition) is 2. The third-order valence-electron chi connectivity index (χ3n) is 2.54. The van der Waals surface area contributed by atoms with Crippen molar-refractivity contribution in [1.82, 2.24) is 0 Å². The van der Waals surface area contributed by atoms with Gasteiger partial charge in [0.25, 0.3) is 0 Å². The van der Waals surface area contributed by atoms with E-state index in [9.17, 15) is 0 Å². The molecule has 3 heteroatoms. The van der Waals surface area contributed by atoms with Gasteiger partial charge in [-0.3, -0.25) is 0 Å². The van der Waals surface area contributed by atoms with Crippen molar-refractivity contribution in [3.63, 3.8) is 0 Å². The van der Waals surface area contributed by atoms with Crippen LogP contribution in [0.15, 0.2) is 24.3 Å². The molecule has 1 heterocycles. The van der Waals surface area contributed by atoms with Gasteiger partial charge in [-0.25, -0.2) is 0 Å². The van der Waals surface area contributed by atoms with Gasteiger partial charge in [-0.05, 0) is 50.6 Å². The Balaban J connectivity index is 0.00000128. The molecule has 1 aliphatic rings. The van der Waals surface area contributed by atoms with Crippen molar-refractivity contribution in [3.8, 4) is 5.75 Å². The van der Waals surface area contributed by atoms with Crippen LogP contribution < -0.4 is 10.5 Å². The summed E-state index contributed by atoms with van der Waals surface area (Å²) in [7, 11) is 0. The predicted molar refractivity (Wildman–Crippen MR) is 70.2 cm³/mol. The van der Waals surface area contributed by atoms with Crippen LogP contribution in [-0.2, 0) is 6.42 Å². The lowest BCUT2D eigenvalue weighted by molar-refractivity contribution is 0.159. The van der Waals surface area contributed by atoms with Crippen molar-refractivity contribution in [1.29, 1.82) is 0 Å². The van der Waals surface area contributed by atoms with E-state index in [1.807, 2.05) is 6.07 Å². The fourth-order valence-electron chi connectivity index (χ4n) is 1.75. The number of nitrogens with two attached hydrogens (primary N) is 1.